The van der Waals surface area contributed by atoms with Crippen molar-refractivity contribution in [2.24, 2.45) is 0 Å². The Morgan fingerprint density at radius 2 is 1.88 bits per heavy atom. The van der Waals surface area contributed by atoms with E-state index in [1.165, 1.54) is 6.92 Å². The van der Waals surface area contributed by atoms with Crippen LogP contribution in [0, 0.1) is 0 Å². The molecule has 0 radical (unpaired) electrons. The Bertz CT molecular complexity index is 70.1. The first-order valence-corrected chi connectivity index (χ1v) is 1.55. The van der Waals surface area contributed by atoms with Gasteiger partial charge in [0, 0.05) is 0 Å². The van der Waals surface area contributed by atoms with Gasteiger partial charge in [-0.3, -0.25) is 0 Å². The van der Waals surface area contributed by atoms with Crippen LogP contribution in [-0.4, -0.2) is 22.3 Å². The quantitative estimate of drug-likeness (QED) is 0.392. The summed E-state index contributed by atoms with van der Waals surface area (Å²) in [6.45, 7) is 1.20. The van der Waals surface area contributed by atoms with Crippen LogP contribution in [0.1, 0.15) is 8.35 Å². The first-order chi connectivity index (χ1) is 2.64. The molecule has 0 aromatic rings. The van der Waals surface area contributed by atoms with Gasteiger partial charge in [0.25, 0.3) is 0 Å². The minimum absolute atomic E-state index is 0. The monoisotopic (exact) mass is 150 g/mol. The first kappa shape index (κ1) is 15.9. The van der Waals surface area contributed by atoms with E-state index in [-0.39, 0.29) is 43.4 Å². The summed E-state index contributed by atoms with van der Waals surface area (Å²) in [6, 6.07) is 0. The van der Waals surface area contributed by atoms with E-state index in [1.54, 1.807) is 0 Å². The Balaban J connectivity index is -0.0000000417. The summed E-state index contributed by atoms with van der Waals surface area (Å²) in [7, 11) is 0. The maximum Gasteiger partial charge on any atom is 1.00 e. The van der Waals surface area contributed by atoms with Gasteiger partial charge in [0.1, 0.15) is 6.10 Å². The topological polar surface area (TPSA) is 57.5 Å². The summed E-state index contributed by atoms with van der Waals surface area (Å²) < 4.78 is 0. The number of aliphatic hydroxyl groups excluding tert-OH is 1. The van der Waals surface area contributed by atoms with E-state index in [2.05, 4.69) is 0 Å². The molecule has 0 rings (SSSR count). The van der Waals surface area contributed by atoms with E-state index in [0.29, 0.717) is 0 Å². The predicted octanol–water partition coefficient (Wildman–Crippen LogP) is -3.01. The van der Waals surface area contributed by atoms with Crippen molar-refractivity contribution in [3.05, 3.63) is 0 Å². The molecule has 2 N–H and O–H groups in total. The summed E-state index contributed by atoms with van der Waals surface area (Å²) in [5.74, 6) is -1.19. The van der Waals surface area contributed by atoms with Crippen LogP contribution < -0.4 is 29.6 Å². The van der Waals surface area contributed by atoms with Gasteiger partial charge < -0.3 is 11.6 Å². The van der Waals surface area contributed by atoms with Crippen molar-refractivity contribution in [2.45, 2.75) is 13.0 Å². The summed E-state index contributed by atoms with van der Waals surface area (Å²) >= 11 is 0. The number of carboxylic acids is 1. The molecule has 0 aliphatic rings. The maximum absolute atomic E-state index is 9.45. The molecule has 0 saturated heterocycles. The molecule has 0 spiro atoms. The van der Waals surface area contributed by atoms with Crippen LogP contribution in [0.15, 0.2) is 0 Å². The molecule has 0 bridgehead atoms. The minimum Gasteiger partial charge on any atom is -1.00 e. The molecule has 3 nitrogen and oxygen atoms in total. The van der Waals surface area contributed by atoms with Gasteiger partial charge in [-0.15, -0.1) is 12.4 Å². The van der Waals surface area contributed by atoms with Gasteiger partial charge in [-0.2, -0.15) is 0 Å². The third-order valence-corrected chi connectivity index (χ3v) is 0.357. The molecule has 0 unspecified atom stereocenters. The average Bonchev–Trinajstić information content (AvgIpc) is 1.36. The van der Waals surface area contributed by atoms with E-state index in [4.69, 9.17) is 10.2 Å². The molecule has 0 aliphatic carbocycles. The molecule has 0 aromatic carbocycles. The standard InChI is InChI=1S/C3H6O3.ClH.Na.H/c1-2(4)3(5)6;;;/h2,4H,1H3,(H,5,6);1H;;/q;;+1;-1/t2-;;;/m1.../s1. The number of aliphatic carboxylic acids is 1. The van der Waals surface area contributed by atoms with Crippen LogP contribution in [0.5, 0.6) is 0 Å². The van der Waals surface area contributed by atoms with Gasteiger partial charge in [-0.05, 0) is 6.92 Å². The molecule has 0 aromatic heterocycles. The fourth-order valence-corrected chi connectivity index (χ4v) is 0. The Kier molecular flexibility index (Phi) is 15.3. The Labute approximate surface area is 77.3 Å². The van der Waals surface area contributed by atoms with Crippen molar-refractivity contribution in [1.29, 1.82) is 0 Å². The molecular weight excluding hydrogens is 142 g/mol. The van der Waals surface area contributed by atoms with E-state index in [0.717, 1.165) is 0 Å². The Morgan fingerprint density at radius 1 is 1.75 bits per heavy atom. The van der Waals surface area contributed by atoms with Crippen LogP contribution in [-0.2, 0) is 4.79 Å². The zero-order valence-electron chi connectivity index (χ0n) is 5.79. The number of hydrogen-bond acceptors (Lipinski definition) is 2. The second-order valence-electron chi connectivity index (χ2n) is 1.01. The molecule has 0 aliphatic heterocycles. The van der Waals surface area contributed by atoms with E-state index in [1.807, 2.05) is 0 Å². The SMILES string of the molecule is C[C@@H](O)C(=O)O.Cl.[H-].[Na+]. The smallest absolute Gasteiger partial charge is 1.00 e. The zero-order chi connectivity index (χ0) is 5.15. The summed E-state index contributed by atoms with van der Waals surface area (Å²) in [5, 5.41) is 15.8. The number of hydrogen-bond donors (Lipinski definition) is 2. The molecule has 0 fully saturated rings. The van der Waals surface area contributed by atoms with Crippen molar-refractivity contribution < 1.29 is 46.0 Å². The summed E-state index contributed by atoms with van der Waals surface area (Å²) in [5.41, 5.74) is 0. The van der Waals surface area contributed by atoms with Gasteiger partial charge in [0.05, 0.1) is 0 Å². The van der Waals surface area contributed by atoms with Crippen LogP contribution in [0.4, 0.5) is 0 Å². The van der Waals surface area contributed by atoms with Crippen LogP contribution >= 0.6 is 12.4 Å². The van der Waals surface area contributed by atoms with Gasteiger partial charge in [0.2, 0.25) is 0 Å². The Morgan fingerprint density at radius 3 is 1.88 bits per heavy atom. The van der Waals surface area contributed by atoms with Gasteiger partial charge >= 0.3 is 35.5 Å². The van der Waals surface area contributed by atoms with Crippen LogP contribution in [0.25, 0.3) is 0 Å². The van der Waals surface area contributed by atoms with Crippen LogP contribution in [0.2, 0.25) is 0 Å². The molecule has 0 amide bonds. The number of carboxylic acid groups (broad SMARTS) is 1. The van der Waals surface area contributed by atoms with Crippen molar-refractivity contribution in [2.75, 3.05) is 0 Å². The number of aliphatic hydroxyl groups is 1. The van der Waals surface area contributed by atoms with E-state index >= 15 is 0 Å². The molecule has 1 atom stereocenters. The van der Waals surface area contributed by atoms with Gasteiger partial charge in [0.15, 0.2) is 0 Å². The van der Waals surface area contributed by atoms with E-state index < -0.39 is 12.1 Å². The normalized spacial score (nSPS) is 10.2. The van der Waals surface area contributed by atoms with Crippen molar-refractivity contribution in [3.63, 3.8) is 0 Å². The van der Waals surface area contributed by atoms with Crippen molar-refractivity contribution in [3.8, 4) is 0 Å². The average molecular weight is 151 g/mol. The predicted molar refractivity (Wildman–Crippen MR) is 27.7 cm³/mol. The van der Waals surface area contributed by atoms with E-state index in [9.17, 15) is 4.79 Å². The first-order valence-electron chi connectivity index (χ1n) is 1.55. The molecular formula is C3H8ClNaO3. The zero-order valence-corrected chi connectivity index (χ0v) is 7.60. The Hall–Kier alpha value is 0.720. The molecule has 5 heteroatoms. The minimum atomic E-state index is -1.23. The number of rotatable bonds is 1. The largest absolute Gasteiger partial charge is 1.00 e. The van der Waals surface area contributed by atoms with Gasteiger partial charge in [-0.25, -0.2) is 4.79 Å². The molecule has 0 heterocycles. The number of carbonyl (C=O) groups is 1. The second kappa shape index (κ2) is 7.72. The van der Waals surface area contributed by atoms with Crippen molar-refractivity contribution in [1.82, 2.24) is 0 Å². The summed E-state index contributed by atoms with van der Waals surface area (Å²) in [4.78, 5) is 9.45. The fraction of sp³-hybridized carbons (Fsp3) is 0.667. The fourth-order valence-electron chi connectivity index (χ4n) is 0. The molecule has 46 valence electrons. The number of halogens is 1. The van der Waals surface area contributed by atoms with Crippen molar-refractivity contribution >= 4 is 18.4 Å². The molecule has 8 heavy (non-hydrogen) atoms. The third-order valence-electron chi connectivity index (χ3n) is 0.357. The van der Waals surface area contributed by atoms with Gasteiger partial charge in [-0.1, -0.05) is 0 Å². The third kappa shape index (κ3) is 9.87. The molecule has 0 saturated carbocycles. The second-order valence-corrected chi connectivity index (χ2v) is 1.01. The van der Waals surface area contributed by atoms with Crippen LogP contribution in [0.3, 0.4) is 0 Å². The summed E-state index contributed by atoms with van der Waals surface area (Å²) in [6.07, 6.45) is -1.23. The maximum atomic E-state index is 9.45.